The molecule has 0 amide bonds. The van der Waals surface area contributed by atoms with Gasteiger partial charge in [0, 0.05) is 11.9 Å². The predicted octanol–water partition coefficient (Wildman–Crippen LogP) is 3.53. The van der Waals surface area contributed by atoms with Crippen molar-refractivity contribution < 1.29 is 4.74 Å². The van der Waals surface area contributed by atoms with Crippen molar-refractivity contribution in [2.24, 2.45) is 5.73 Å². The fraction of sp³-hybridized carbons (Fsp3) is 0.0667. The summed E-state index contributed by atoms with van der Waals surface area (Å²) in [5, 5.41) is 9.40. The van der Waals surface area contributed by atoms with Crippen LogP contribution in [0, 0.1) is 0 Å². The number of nitrogens with two attached hydrogens (primary N) is 1. The van der Waals surface area contributed by atoms with Gasteiger partial charge in [0.15, 0.2) is 5.75 Å². The fourth-order valence-electron chi connectivity index (χ4n) is 1.94. The number of hydrogen-bond donors (Lipinski definition) is 1. The predicted molar refractivity (Wildman–Crippen MR) is 79.0 cm³/mol. The monoisotopic (exact) mass is 285 g/mol. The number of hydrogen-bond acceptors (Lipinski definition) is 4. The van der Waals surface area contributed by atoms with Crippen molar-refractivity contribution >= 4 is 22.5 Å². The van der Waals surface area contributed by atoms with Gasteiger partial charge in [0.2, 0.25) is 0 Å². The Morgan fingerprint density at radius 1 is 1.10 bits per heavy atom. The highest BCUT2D eigenvalue weighted by Crippen LogP contribution is 2.32. The average molecular weight is 286 g/mol. The normalized spacial score (nSPS) is 10.7. The first-order valence-electron chi connectivity index (χ1n) is 6.14. The van der Waals surface area contributed by atoms with E-state index in [2.05, 4.69) is 10.2 Å². The molecule has 0 spiro atoms. The van der Waals surface area contributed by atoms with Crippen LogP contribution in [-0.4, -0.2) is 10.2 Å². The molecule has 4 nitrogen and oxygen atoms in total. The lowest BCUT2D eigenvalue weighted by Crippen LogP contribution is -1.96. The zero-order valence-electron chi connectivity index (χ0n) is 10.6. The summed E-state index contributed by atoms with van der Waals surface area (Å²) in [5.74, 6) is 1.19. The molecule has 0 saturated heterocycles. The van der Waals surface area contributed by atoms with Crippen LogP contribution in [0.5, 0.6) is 11.5 Å². The molecule has 3 aromatic rings. The molecule has 0 atom stereocenters. The first-order chi connectivity index (χ1) is 9.78. The zero-order valence-corrected chi connectivity index (χ0v) is 11.3. The smallest absolute Gasteiger partial charge is 0.157 e. The van der Waals surface area contributed by atoms with E-state index in [9.17, 15) is 0 Å². The highest BCUT2D eigenvalue weighted by molar-refractivity contribution is 6.32. The molecule has 0 fully saturated rings. The maximum atomic E-state index is 6.19. The third-order valence-electron chi connectivity index (χ3n) is 2.96. The van der Waals surface area contributed by atoms with Crippen LogP contribution in [0.3, 0.4) is 0 Å². The van der Waals surface area contributed by atoms with E-state index in [4.69, 9.17) is 22.1 Å². The first-order valence-corrected chi connectivity index (χ1v) is 6.52. The van der Waals surface area contributed by atoms with Crippen LogP contribution in [0.25, 0.3) is 10.9 Å². The third-order valence-corrected chi connectivity index (χ3v) is 3.26. The van der Waals surface area contributed by atoms with Crippen molar-refractivity contribution in [2.75, 3.05) is 0 Å². The van der Waals surface area contributed by atoms with E-state index in [1.165, 1.54) is 0 Å². The largest absolute Gasteiger partial charge is 0.453 e. The Balaban J connectivity index is 2.01. The Morgan fingerprint density at radius 3 is 2.75 bits per heavy atom. The van der Waals surface area contributed by atoms with Crippen LogP contribution in [0.1, 0.15) is 5.56 Å². The molecule has 0 bridgehead atoms. The number of rotatable bonds is 3. The van der Waals surface area contributed by atoms with Crippen LogP contribution in [0.4, 0.5) is 0 Å². The zero-order chi connectivity index (χ0) is 13.9. The Labute approximate surface area is 121 Å². The van der Waals surface area contributed by atoms with Crippen molar-refractivity contribution in [3.05, 3.63) is 59.2 Å². The molecule has 2 N–H and O–H groups in total. The van der Waals surface area contributed by atoms with E-state index in [1.54, 1.807) is 18.3 Å². The fourth-order valence-corrected chi connectivity index (χ4v) is 2.18. The minimum Gasteiger partial charge on any atom is -0.453 e. The Bertz CT molecular complexity index is 756. The molecule has 0 aliphatic heterocycles. The van der Waals surface area contributed by atoms with E-state index in [0.717, 1.165) is 16.5 Å². The number of halogens is 1. The van der Waals surface area contributed by atoms with Gasteiger partial charge in [-0.25, -0.2) is 0 Å². The Hall–Kier alpha value is -2.17. The topological polar surface area (TPSA) is 61.0 Å². The van der Waals surface area contributed by atoms with Gasteiger partial charge in [0.1, 0.15) is 5.75 Å². The van der Waals surface area contributed by atoms with Crippen LogP contribution < -0.4 is 10.5 Å². The molecule has 1 aromatic heterocycles. The van der Waals surface area contributed by atoms with Gasteiger partial charge in [-0.15, -0.1) is 0 Å². The second-order valence-electron chi connectivity index (χ2n) is 4.30. The minimum absolute atomic E-state index is 0.444. The standard InChI is InChI=1S/C15H12ClN3O/c16-12-7-10(8-17)5-6-14(12)20-15-9-18-19-13-4-2-1-3-11(13)15/h1-7,9H,8,17H2. The number of aromatic nitrogens is 2. The SMILES string of the molecule is NCc1ccc(Oc2cnnc3ccccc23)c(Cl)c1. The summed E-state index contributed by atoms with van der Waals surface area (Å²) in [7, 11) is 0. The lowest BCUT2D eigenvalue weighted by molar-refractivity contribution is 0.485. The molecule has 0 aliphatic rings. The van der Waals surface area contributed by atoms with E-state index in [-0.39, 0.29) is 0 Å². The van der Waals surface area contributed by atoms with Gasteiger partial charge in [-0.3, -0.25) is 0 Å². The molecule has 2 aromatic carbocycles. The van der Waals surface area contributed by atoms with E-state index >= 15 is 0 Å². The highest BCUT2D eigenvalue weighted by atomic mass is 35.5. The summed E-state index contributed by atoms with van der Waals surface area (Å²) in [6.07, 6.45) is 1.58. The van der Waals surface area contributed by atoms with Crippen molar-refractivity contribution in [1.82, 2.24) is 10.2 Å². The summed E-state index contributed by atoms with van der Waals surface area (Å²) >= 11 is 6.19. The minimum atomic E-state index is 0.444. The van der Waals surface area contributed by atoms with Gasteiger partial charge in [-0.1, -0.05) is 29.8 Å². The maximum absolute atomic E-state index is 6.19. The summed E-state index contributed by atoms with van der Waals surface area (Å²) in [5.41, 5.74) is 7.31. The van der Waals surface area contributed by atoms with Gasteiger partial charge in [0.25, 0.3) is 0 Å². The molecular formula is C15H12ClN3O. The first kappa shape index (κ1) is 12.8. The lowest BCUT2D eigenvalue weighted by atomic mass is 10.2. The summed E-state index contributed by atoms with van der Waals surface area (Å²) < 4.78 is 5.85. The quantitative estimate of drug-likeness (QED) is 0.799. The van der Waals surface area contributed by atoms with Crippen molar-refractivity contribution in [3.8, 4) is 11.5 Å². The van der Waals surface area contributed by atoms with Crippen LogP contribution in [-0.2, 0) is 6.54 Å². The molecular weight excluding hydrogens is 274 g/mol. The van der Waals surface area contributed by atoms with E-state index in [0.29, 0.717) is 23.1 Å². The number of benzene rings is 2. The van der Waals surface area contributed by atoms with E-state index < -0.39 is 0 Å². The van der Waals surface area contributed by atoms with E-state index in [1.807, 2.05) is 30.3 Å². The van der Waals surface area contributed by atoms with Crippen molar-refractivity contribution in [3.63, 3.8) is 0 Å². The second kappa shape index (κ2) is 5.45. The maximum Gasteiger partial charge on any atom is 0.157 e. The average Bonchev–Trinajstić information content (AvgIpc) is 2.49. The van der Waals surface area contributed by atoms with Crippen LogP contribution >= 0.6 is 11.6 Å². The Morgan fingerprint density at radius 2 is 1.95 bits per heavy atom. The van der Waals surface area contributed by atoms with Gasteiger partial charge >= 0.3 is 0 Å². The van der Waals surface area contributed by atoms with Crippen LogP contribution in [0.15, 0.2) is 48.7 Å². The molecule has 0 radical (unpaired) electrons. The van der Waals surface area contributed by atoms with Gasteiger partial charge < -0.3 is 10.5 Å². The molecule has 0 unspecified atom stereocenters. The Kier molecular flexibility index (Phi) is 3.50. The van der Waals surface area contributed by atoms with Gasteiger partial charge in [-0.2, -0.15) is 10.2 Å². The van der Waals surface area contributed by atoms with Gasteiger partial charge in [-0.05, 0) is 29.8 Å². The van der Waals surface area contributed by atoms with Crippen molar-refractivity contribution in [1.29, 1.82) is 0 Å². The molecule has 0 saturated carbocycles. The molecule has 5 heteroatoms. The molecule has 100 valence electrons. The summed E-state index contributed by atoms with van der Waals surface area (Å²) in [6, 6.07) is 13.1. The summed E-state index contributed by atoms with van der Waals surface area (Å²) in [6.45, 7) is 0.444. The molecule has 1 heterocycles. The van der Waals surface area contributed by atoms with Crippen molar-refractivity contribution in [2.45, 2.75) is 6.54 Å². The summed E-state index contributed by atoms with van der Waals surface area (Å²) in [4.78, 5) is 0. The number of nitrogens with zero attached hydrogens (tertiary/aromatic N) is 2. The number of fused-ring (bicyclic) bond motifs is 1. The molecule has 3 rings (SSSR count). The highest BCUT2D eigenvalue weighted by Gasteiger charge is 2.08. The molecule has 0 aliphatic carbocycles. The lowest BCUT2D eigenvalue weighted by Gasteiger charge is -2.10. The number of ether oxygens (including phenoxy) is 1. The third kappa shape index (κ3) is 2.43. The molecule has 20 heavy (non-hydrogen) atoms. The van der Waals surface area contributed by atoms with Gasteiger partial charge in [0.05, 0.1) is 16.7 Å². The van der Waals surface area contributed by atoms with Crippen LogP contribution in [0.2, 0.25) is 5.02 Å². The second-order valence-corrected chi connectivity index (χ2v) is 4.70.